The van der Waals surface area contributed by atoms with E-state index >= 15 is 0 Å². The van der Waals surface area contributed by atoms with Crippen LogP contribution in [0.3, 0.4) is 0 Å². The Bertz CT molecular complexity index is 95.8. The van der Waals surface area contributed by atoms with Gasteiger partial charge in [0, 0.05) is 22.4 Å². The van der Waals surface area contributed by atoms with E-state index in [2.05, 4.69) is 0 Å². The Labute approximate surface area is 68.6 Å². The molecular weight excluding hydrogens is 307 g/mol. The zero-order chi connectivity index (χ0) is 6.73. The van der Waals surface area contributed by atoms with E-state index in [-0.39, 0.29) is 22.4 Å². The number of aliphatic hydroxyl groups is 1. The summed E-state index contributed by atoms with van der Waals surface area (Å²) in [7, 11) is 0. The van der Waals surface area contributed by atoms with E-state index in [1.54, 1.807) is 0 Å². The molecule has 59 valence electrons. The summed E-state index contributed by atoms with van der Waals surface area (Å²) in [6.07, 6.45) is -0.979. The van der Waals surface area contributed by atoms with Crippen molar-refractivity contribution in [2.75, 3.05) is 0 Å². The molecule has 0 fully saturated rings. The van der Waals surface area contributed by atoms with Gasteiger partial charge in [-0.1, -0.05) is 0 Å². The number of hydrogen-bond acceptors (Lipinski definition) is 3. The maximum absolute atomic E-state index is 9.86. The van der Waals surface area contributed by atoms with Gasteiger partial charge in [0.25, 0.3) is 0 Å². The molecule has 9 heavy (non-hydrogen) atoms. The van der Waals surface area contributed by atoms with Crippen LogP contribution < -0.4 is 5.73 Å². The third kappa shape index (κ3) is 4.62. The number of aliphatic carboxylic acids is 1. The van der Waals surface area contributed by atoms with Crippen LogP contribution in [0.1, 0.15) is 6.92 Å². The Morgan fingerprint density at radius 3 is 2.00 bits per heavy atom. The molecule has 0 saturated carbocycles. The summed E-state index contributed by atoms with van der Waals surface area (Å²) in [5, 5.41) is 16.6. The third-order valence-corrected chi connectivity index (χ3v) is 0.805. The van der Waals surface area contributed by atoms with Crippen molar-refractivity contribution in [2.24, 2.45) is 5.73 Å². The van der Waals surface area contributed by atoms with E-state index in [0.29, 0.717) is 0 Å². The van der Waals surface area contributed by atoms with Crippen molar-refractivity contribution in [3.63, 3.8) is 0 Å². The molecule has 0 aromatic carbocycles. The molecule has 0 bridgehead atoms. The van der Waals surface area contributed by atoms with Crippen LogP contribution in [-0.2, 0) is 27.2 Å². The average Bonchev–Trinajstić information content (AvgIpc) is 1.64. The van der Waals surface area contributed by atoms with Gasteiger partial charge >= 0.3 is 5.97 Å². The minimum Gasteiger partial charge on any atom is -0.480 e. The number of nitrogens with two attached hydrogens (primary N) is 1. The van der Waals surface area contributed by atoms with E-state index in [9.17, 15) is 4.79 Å². The van der Waals surface area contributed by atoms with Crippen LogP contribution in [0, 0.1) is 0 Å². The first-order valence-corrected chi connectivity index (χ1v) is 2.22. The molecule has 0 spiro atoms. The van der Waals surface area contributed by atoms with Crippen LogP contribution in [0.4, 0.5) is 0 Å². The summed E-state index contributed by atoms with van der Waals surface area (Å²) < 4.78 is 0. The number of carboxylic acids is 1. The largest absolute Gasteiger partial charge is 0.480 e. The Morgan fingerprint density at radius 1 is 1.67 bits per heavy atom. The van der Waals surface area contributed by atoms with Gasteiger partial charge < -0.3 is 15.9 Å². The second-order valence-corrected chi connectivity index (χ2v) is 1.60. The number of carboxylic acid groups (broad SMARTS) is 1. The first kappa shape index (κ1) is 11.9. The second-order valence-electron chi connectivity index (χ2n) is 1.60. The number of rotatable bonds is 2. The van der Waals surface area contributed by atoms with Crippen LogP contribution in [0.2, 0.25) is 0 Å². The summed E-state index contributed by atoms with van der Waals surface area (Å²) >= 11 is 0. The maximum Gasteiger partial charge on any atom is 0.323 e. The van der Waals surface area contributed by atoms with Gasteiger partial charge in [0.1, 0.15) is 6.04 Å². The van der Waals surface area contributed by atoms with Crippen molar-refractivity contribution in [3.05, 3.63) is 0 Å². The zero-order valence-electron chi connectivity index (χ0n) is 4.84. The smallest absolute Gasteiger partial charge is 0.323 e. The van der Waals surface area contributed by atoms with Crippen LogP contribution in [-0.4, -0.2) is 28.3 Å². The molecule has 0 aliphatic rings. The quantitative estimate of drug-likeness (QED) is 0.558. The van der Waals surface area contributed by atoms with Crippen LogP contribution in [0.5, 0.6) is 0 Å². The van der Waals surface area contributed by atoms with Gasteiger partial charge in [-0.2, -0.15) is 0 Å². The van der Waals surface area contributed by atoms with Gasteiger partial charge in [-0.15, -0.1) is 0 Å². The fraction of sp³-hybridized carbons (Fsp3) is 0.750. The normalized spacial score (nSPS) is 15.4. The van der Waals surface area contributed by atoms with E-state index in [4.69, 9.17) is 15.9 Å². The van der Waals surface area contributed by atoms with E-state index in [1.807, 2.05) is 0 Å². The molecule has 2 atom stereocenters. The molecule has 0 rings (SSSR count). The fourth-order valence-corrected chi connectivity index (χ4v) is 0.206. The first-order chi connectivity index (χ1) is 3.55. The minimum atomic E-state index is -1.18. The van der Waals surface area contributed by atoms with E-state index in [1.165, 1.54) is 6.92 Å². The molecule has 0 aromatic heterocycles. The van der Waals surface area contributed by atoms with Gasteiger partial charge in [-0.25, -0.2) is 0 Å². The molecular formula is C4H9AuNO3. The maximum atomic E-state index is 9.86. The van der Waals surface area contributed by atoms with Crippen LogP contribution in [0.25, 0.3) is 0 Å². The van der Waals surface area contributed by atoms with Crippen molar-refractivity contribution >= 4 is 5.97 Å². The second kappa shape index (κ2) is 4.96. The minimum absolute atomic E-state index is 0. The molecule has 0 heterocycles. The van der Waals surface area contributed by atoms with Crippen molar-refractivity contribution < 1.29 is 37.4 Å². The molecule has 4 N–H and O–H groups in total. The Kier molecular flexibility index (Phi) is 6.54. The fourth-order valence-electron chi connectivity index (χ4n) is 0.206. The van der Waals surface area contributed by atoms with Gasteiger partial charge in [-0.3, -0.25) is 4.79 Å². The summed E-state index contributed by atoms with van der Waals surface area (Å²) in [6.45, 7) is 1.33. The predicted molar refractivity (Wildman–Crippen MR) is 27.3 cm³/mol. The Morgan fingerprint density at radius 2 is 2.00 bits per heavy atom. The number of carbonyl (C=O) groups is 1. The topological polar surface area (TPSA) is 83.5 Å². The Balaban J connectivity index is 0. The monoisotopic (exact) mass is 316 g/mol. The summed E-state index contributed by atoms with van der Waals surface area (Å²) in [6, 6.07) is -1.16. The molecule has 1 radical (unpaired) electrons. The first-order valence-electron chi connectivity index (χ1n) is 2.22. The molecule has 0 saturated heterocycles. The van der Waals surface area contributed by atoms with Crippen LogP contribution in [0.15, 0.2) is 0 Å². The molecule has 0 aliphatic heterocycles. The Hall–Kier alpha value is 0.130. The molecule has 4 nitrogen and oxygen atoms in total. The molecule has 2 unspecified atom stereocenters. The zero-order valence-corrected chi connectivity index (χ0v) is 7.00. The molecule has 0 aliphatic carbocycles. The predicted octanol–water partition coefficient (Wildman–Crippen LogP) is -1.22. The third-order valence-electron chi connectivity index (χ3n) is 0.805. The average molecular weight is 316 g/mol. The van der Waals surface area contributed by atoms with Gasteiger partial charge in [-0.05, 0) is 6.92 Å². The van der Waals surface area contributed by atoms with E-state index in [0.717, 1.165) is 0 Å². The molecule has 0 aromatic rings. The summed E-state index contributed by atoms with van der Waals surface area (Å²) in [5.74, 6) is -1.18. The van der Waals surface area contributed by atoms with E-state index < -0.39 is 18.1 Å². The number of aliphatic hydroxyl groups excluding tert-OH is 1. The van der Waals surface area contributed by atoms with Gasteiger partial charge in [0.2, 0.25) is 0 Å². The number of hydrogen-bond donors (Lipinski definition) is 3. The van der Waals surface area contributed by atoms with Crippen LogP contribution >= 0.6 is 0 Å². The van der Waals surface area contributed by atoms with Gasteiger partial charge in [0.05, 0.1) is 6.10 Å². The van der Waals surface area contributed by atoms with Gasteiger partial charge in [0.15, 0.2) is 0 Å². The summed E-state index contributed by atoms with van der Waals surface area (Å²) in [5.41, 5.74) is 4.91. The SMILES string of the molecule is CC(O)C(N)C(=O)O.[Au]. The summed E-state index contributed by atoms with van der Waals surface area (Å²) in [4.78, 5) is 9.86. The molecule has 5 heteroatoms. The van der Waals surface area contributed by atoms with Crippen molar-refractivity contribution in [1.82, 2.24) is 0 Å². The van der Waals surface area contributed by atoms with Crippen molar-refractivity contribution in [2.45, 2.75) is 19.1 Å². The van der Waals surface area contributed by atoms with Crippen molar-refractivity contribution in [3.8, 4) is 0 Å². The molecule has 0 amide bonds. The standard InChI is InChI=1S/C4H9NO3.Au/c1-2(6)3(5)4(7)8;/h2-3,6H,5H2,1H3,(H,7,8);. The van der Waals surface area contributed by atoms with Crippen molar-refractivity contribution in [1.29, 1.82) is 0 Å².